The number of carbonyl (C=O) groups excluding carboxylic acids is 1. The van der Waals surface area contributed by atoms with Crippen molar-refractivity contribution < 1.29 is 14.8 Å². The Hall–Kier alpha value is -1.82. The lowest BCUT2D eigenvalue weighted by atomic mass is 9.80. The van der Waals surface area contributed by atoms with Crippen molar-refractivity contribution in [2.45, 2.75) is 6.54 Å². The van der Waals surface area contributed by atoms with E-state index in [2.05, 4.69) is 5.32 Å². The Morgan fingerprint density at radius 3 is 2.20 bits per heavy atom. The van der Waals surface area contributed by atoms with Crippen LogP contribution in [0.3, 0.4) is 0 Å². The number of benzene rings is 2. The van der Waals surface area contributed by atoms with E-state index in [1.165, 1.54) is 0 Å². The maximum Gasteiger partial charge on any atom is 0.488 e. The van der Waals surface area contributed by atoms with Crippen LogP contribution in [0.2, 0.25) is 5.02 Å². The molecule has 0 aliphatic carbocycles. The average Bonchev–Trinajstić information content (AvgIpc) is 2.46. The minimum absolute atomic E-state index is 0.187. The predicted octanol–water partition coefficient (Wildman–Crippen LogP) is 0.950. The van der Waals surface area contributed by atoms with Gasteiger partial charge in [0, 0.05) is 17.1 Å². The summed E-state index contributed by atoms with van der Waals surface area (Å²) in [5, 5.41) is 21.3. The van der Waals surface area contributed by atoms with E-state index in [-0.39, 0.29) is 5.91 Å². The third kappa shape index (κ3) is 3.84. The highest BCUT2D eigenvalue weighted by atomic mass is 35.5. The molecule has 0 atom stereocenters. The van der Waals surface area contributed by atoms with Crippen molar-refractivity contribution in [3.63, 3.8) is 0 Å². The lowest BCUT2D eigenvalue weighted by molar-refractivity contribution is 0.0951. The molecular formula is C14H13BClNO3. The van der Waals surface area contributed by atoms with Crippen molar-refractivity contribution in [3.05, 3.63) is 64.7 Å². The Kier molecular flexibility index (Phi) is 4.79. The zero-order valence-corrected chi connectivity index (χ0v) is 11.3. The van der Waals surface area contributed by atoms with Gasteiger partial charge < -0.3 is 15.4 Å². The maximum atomic E-state index is 11.9. The summed E-state index contributed by atoms with van der Waals surface area (Å²) >= 11 is 5.76. The second-order valence-electron chi connectivity index (χ2n) is 4.30. The molecule has 6 heteroatoms. The molecule has 2 aromatic rings. The van der Waals surface area contributed by atoms with Crippen LogP contribution >= 0.6 is 11.6 Å². The molecule has 1 amide bonds. The summed E-state index contributed by atoms with van der Waals surface area (Å²) in [6.45, 7) is 0.364. The molecule has 0 radical (unpaired) electrons. The highest BCUT2D eigenvalue weighted by Gasteiger charge is 2.10. The van der Waals surface area contributed by atoms with Gasteiger partial charge in [-0.1, -0.05) is 35.9 Å². The first-order valence-electron chi connectivity index (χ1n) is 6.05. The molecular weight excluding hydrogens is 276 g/mol. The van der Waals surface area contributed by atoms with E-state index in [0.717, 1.165) is 5.56 Å². The largest absolute Gasteiger partial charge is 0.488 e. The Morgan fingerprint density at radius 1 is 1.05 bits per heavy atom. The molecule has 102 valence electrons. The van der Waals surface area contributed by atoms with Crippen LogP contribution in [0.25, 0.3) is 0 Å². The summed E-state index contributed by atoms with van der Waals surface area (Å²) in [5.74, 6) is -0.187. The molecule has 0 spiro atoms. The van der Waals surface area contributed by atoms with Gasteiger partial charge in [0.2, 0.25) is 0 Å². The van der Waals surface area contributed by atoms with Gasteiger partial charge in [-0.15, -0.1) is 0 Å². The highest BCUT2D eigenvalue weighted by Crippen LogP contribution is 2.09. The molecule has 2 rings (SSSR count). The zero-order valence-electron chi connectivity index (χ0n) is 10.6. The first-order valence-corrected chi connectivity index (χ1v) is 6.43. The molecule has 2 aromatic carbocycles. The zero-order chi connectivity index (χ0) is 14.5. The summed E-state index contributed by atoms with van der Waals surface area (Å²) in [5.41, 5.74) is 1.83. The van der Waals surface area contributed by atoms with Crippen LogP contribution in [-0.2, 0) is 6.54 Å². The molecule has 0 heterocycles. The number of rotatable bonds is 4. The van der Waals surface area contributed by atoms with Gasteiger partial charge in [0.25, 0.3) is 5.91 Å². The van der Waals surface area contributed by atoms with Crippen molar-refractivity contribution in [2.75, 3.05) is 0 Å². The molecule has 3 N–H and O–H groups in total. The van der Waals surface area contributed by atoms with E-state index in [4.69, 9.17) is 21.6 Å². The van der Waals surface area contributed by atoms with Gasteiger partial charge in [-0.25, -0.2) is 0 Å². The van der Waals surface area contributed by atoms with E-state index in [9.17, 15) is 4.79 Å². The molecule has 0 unspecified atom stereocenters. The average molecular weight is 290 g/mol. The van der Waals surface area contributed by atoms with Gasteiger partial charge in [-0.3, -0.25) is 4.79 Å². The summed E-state index contributed by atoms with van der Waals surface area (Å²) in [6.07, 6.45) is 0. The fourth-order valence-electron chi connectivity index (χ4n) is 1.69. The van der Waals surface area contributed by atoms with Crippen molar-refractivity contribution in [3.8, 4) is 0 Å². The number of nitrogens with one attached hydrogen (secondary N) is 1. The Labute approximate surface area is 122 Å². The van der Waals surface area contributed by atoms with Gasteiger partial charge in [0.05, 0.1) is 0 Å². The lowest BCUT2D eigenvalue weighted by Gasteiger charge is -2.06. The maximum absolute atomic E-state index is 11.9. The monoisotopic (exact) mass is 289 g/mol. The standard InChI is InChI=1S/C14H13BClNO3/c16-13-7-3-11(4-8-13)14(18)17-9-10-1-5-12(6-2-10)15(19)20/h1-8,19-20H,9H2,(H,17,18). The van der Waals surface area contributed by atoms with Gasteiger partial charge in [-0.2, -0.15) is 0 Å². The van der Waals surface area contributed by atoms with Gasteiger partial charge in [-0.05, 0) is 35.3 Å². The van der Waals surface area contributed by atoms with Crippen LogP contribution < -0.4 is 10.8 Å². The summed E-state index contributed by atoms with van der Waals surface area (Å²) in [6, 6.07) is 13.3. The van der Waals surface area contributed by atoms with Crippen LogP contribution in [0.1, 0.15) is 15.9 Å². The summed E-state index contributed by atoms with van der Waals surface area (Å²) in [4.78, 5) is 11.9. The van der Waals surface area contributed by atoms with E-state index < -0.39 is 7.12 Å². The first kappa shape index (κ1) is 14.6. The number of hydrogen-bond donors (Lipinski definition) is 3. The molecule has 0 saturated heterocycles. The van der Waals surface area contributed by atoms with E-state index in [1.54, 1.807) is 48.5 Å². The second-order valence-corrected chi connectivity index (χ2v) is 4.74. The number of hydrogen-bond acceptors (Lipinski definition) is 3. The van der Waals surface area contributed by atoms with Crippen molar-refractivity contribution >= 4 is 30.1 Å². The Morgan fingerprint density at radius 2 is 1.65 bits per heavy atom. The summed E-state index contributed by atoms with van der Waals surface area (Å²) in [7, 11) is -1.48. The SMILES string of the molecule is O=C(NCc1ccc(B(O)O)cc1)c1ccc(Cl)cc1. The highest BCUT2D eigenvalue weighted by molar-refractivity contribution is 6.58. The molecule has 0 bridgehead atoms. The second kappa shape index (κ2) is 6.57. The lowest BCUT2D eigenvalue weighted by Crippen LogP contribution is -2.29. The first-order chi connectivity index (χ1) is 9.56. The van der Waals surface area contributed by atoms with E-state index >= 15 is 0 Å². The third-order valence-corrected chi connectivity index (χ3v) is 3.09. The molecule has 20 heavy (non-hydrogen) atoms. The fraction of sp³-hybridized carbons (Fsp3) is 0.0714. The van der Waals surface area contributed by atoms with Gasteiger partial charge in [0.1, 0.15) is 0 Å². The van der Waals surface area contributed by atoms with Gasteiger partial charge in [0.15, 0.2) is 0 Å². The molecule has 0 aliphatic rings. The summed E-state index contributed by atoms with van der Waals surface area (Å²) < 4.78 is 0. The minimum Gasteiger partial charge on any atom is -0.423 e. The van der Waals surface area contributed by atoms with E-state index in [0.29, 0.717) is 22.6 Å². The van der Waals surface area contributed by atoms with Crippen LogP contribution in [0.15, 0.2) is 48.5 Å². The Balaban J connectivity index is 1.94. The molecule has 0 saturated carbocycles. The third-order valence-electron chi connectivity index (χ3n) is 2.84. The van der Waals surface area contributed by atoms with E-state index in [1.807, 2.05) is 0 Å². The number of carbonyl (C=O) groups is 1. The van der Waals surface area contributed by atoms with Crippen LogP contribution in [-0.4, -0.2) is 23.1 Å². The molecule has 0 fully saturated rings. The van der Waals surface area contributed by atoms with Crippen LogP contribution in [0, 0.1) is 0 Å². The fourth-order valence-corrected chi connectivity index (χ4v) is 1.82. The Bertz CT molecular complexity index is 584. The van der Waals surface area contributed by atoms with Crippen LogP contribution in [0.5, 0.6) is 0 Å². The van der Waals surface area contributed by atoms with Crippen molar-refractivity contribution in [1.29, 1.82) is 0 Å². The molecule has 0 aromatic heterocycles. The number of amides is 1. The van der Waals surface area contributed by atoms with Crippen LogP contribution in [0.4, 0.5) is 0 Å². The predicted molar refractivity (Wildman–Crippen MR) is 78.9 cm³/mol. The van der Waals surface area contributed by atoms with Crippen molar-refractivity contribution in [2.24, 2.45) is 0 Å². The van der Waals surface area contributed by atoms with Gasteiger partial charge >= 0.3 is 7.12 Å². The number of halogens is 1. The quantitative estimate of drug-likeness (QED) is 0.734. The van der Waals surface area contributed by atoms with Crippen molar-refractivity contribution in [1.82, 2.24) is 5.32 Å². The topological polar surface area (TPSA) is 69.6 Å². The molecule has 4 nitrogen and oxygen atoms in total. The molecule has 0 aliphatic heterocycles. The normalized spacial score (nSPS) is 10.2. The smallest absolute Gasteiger partial charge is 0.423 e. The minimum atomic E-state index is -1.48.